The monoisotopic (exact) mass is 454 g/mol. The molecule has 2 unspecified atom stereocenters. The van der Waals surface area contributed by atoms with E-state index in [1.54, 1.807) is 0 Å². The fourth-order valence-corrected chi connectivity index (χ4v) is 2.49. The van der Waals surface area contributed by atoms with E-state index in [0.29, 0.717) is 12.1 Å². The van der Waals surface area contributed by atoms with Crippen molar-refractivity contribution in [3.63, 3.8) is 0 Å². The standard InChI is InChI=1S/C16H26N4.Hf/c1-13(19(3)11-15-7-5-9-17-15)14(2)20(4)12-16-8-6-10-18-16;/h5-10,13-14,17-18H,11-12H2,1-4H3;. The van der Waals surface area contributed by atoms with E-state index in [4.69, 9.17) is 0 Å². The van der Waals surface area contributed by atoms with Crippen LogP contribution in [0.25, 0.3) is 0 Å². The van der Waals surface area contributed by atoms with Gasteiger partial charge in [0.05, 0.1) is 0 Å². The molecule has 0 saturated carbocycles. The van der Waals surface area contributed by atoms with Gasteiger partial charge in [0.2, 0.25) is 0 Å². The molecule has 0 bridgehead atoms. The fourth-order valence-electron chi connectivity index (χ4n) is 2.49. The summed E-state index contributed by atoms with van der Waals surface area (Å²) in [7, 11) is 4.37. The first kappa shape index (κ1) is 18.4. The molecule has 2 aromatic heterocycles. The van der Waals surface area contributed by atoms with Crippen molar-refractivity contribution in [1.82, 2.24) is 19.8 Å². The molecule has 0 aliphatic heterocycles. The first-order valence-corrected chi connectivity index (χ1v) is 7.23. The number of likely N-dealkylation sites (N-methyl/N-ethyl adjacent to an activating group) is 2. The van der Waals surface area contributed by atoms with Crippen LogP contribution in [0.2, 0.25) is 0 Å². The third-order valence-corrected chi connectivity index (χ3v) is 4.25. The zero-order valence-electron chi connectivity index (χ0n) is 13.4. The van der Waals surface area contributed by atoms with Gasteiger partial charge in [0.15, 0.2) is 0 Å². The van der Waals surface area contributed by atoms with Crippen LogP contribution in [0.4, 0.5) is 0 Å². The Labute approximate surface area is 146 Å². The number of hydrogen-bond acceptors (Lipinski definition) is 2. The van der Waals surface area contributed by atoms with Gasteiger partial charge in [-0.2, -0.15) is 0 Å². The topological polar surface area (TPSA) is 38.1 Å². The van der Waals surface area contributed by atoms with Crippen molar-refractivity contribution < 1.29 is 25.8 Å². The van der Waals surface area contributed by atoms with Crippen molar-refractivity contribution in [2.75, 3.05) is 14.1 Å². The Bertz CT molecular complexity index is 434. The van der Waals surface area contributed by atoms with Gasteiger partial charge < -0.3 is 9.97 Å². The molecule has 0 radical (unpaired) electrons. The van der Waals surface area contributed by atoms with Crippen LogP contribution in [-0.4, -0.2) is 45.9 Å². The minimum Gasteiger partial charge on any atom is -0.364 e. The van der Waals surface area contributed by atoms with E-state index in [2.05, 4.69) is 72.0 Å². The van der Waals surface area contributed by atoms with E-state index < -0.39 is 0 Å². The molecule has 0 spiro atoms. The third kappa shape index (κ3) is 5.24. The van der Waals surface area contributed by atoms with Gasteiger partial charge >= 0.3 is 0 Å². The fraction of sp³-hybridized carbons (Fsp3) is 0.500. The summed E-state index contributed by atoms with van der Waals surface area (Å²) in [5, 5.41) is 0. The maximum Gasteiger partial charge on any atom is 0.0385 e. The van der Waals surface area contributed by atoms with Gasteiger partial charge in [-0.15, -0.1) is 0 Å². The Morgan fingerprint density at radius 2 is 1.24 bits per heavy atom. The minimum atomic E-state index is 0. The Balaban J connectivity index is 0.00000220. The van der Waals surface area contributed by atoms with Gasteiger partial charge in [-0.3, -0.25) is 9.80 Å². The molecular weight excluding hydrogens is 427 g/mol. The van der Waals surface area contributed by atoms with E-state index in [1.165, 1.54) is 11.4 Å². The maximum atomic E-state index is 3.27. The average Bonchev–Trinajstić information content (AvgIpc) is 3.10. The Morgan fingerprint density at radius 1 is 0.857 bits per heavy atom. The van der Waals surface area contributed by atoms with Crippen LogP contribution in [0.5, 0.6) is 0 Å². The van der Waals surface area contributed by atoms with Gasteiger partial charge in [-0.25, -0.2) is 0 Å². The van der Waals surface area contributed by atoms with Crippen LogP contribution >= 0.6 is 0 Å². The molecule has 2 aromatic rings. The van der Waals surface area contributed by atoms with Crippen LogP contribution in [-0.2, 0) is 38.9 Å². The van der Waals surface area contributed by atoms with E-state index in [1.807, 2.05) is 12.4 Å². The van der Waals surface area contributed by atoms with Gasteiger partial charge in [-0.05, 0) is 52.2 Å². The van der Waals surface area contributed by atoms with Crippen molar-refractivity contribution in [2.24, 2.45) is 0 Å². The predicted octanol–water partition coefficient (Wildman–Crippen LogP) is 2.68. The molecule has 0 aliphatic carbocycles. The van der Waals surface area contributed by atoms with Crippen molar-refractivity contribution >= 4 is 0 Å². The summed E-state index contributed by atoms with van der Waals surface area (Å²) in [4.78, 5) is 11.3. The molecule has 21 heavy (non-hydrogen) atoms. The molecule has 2 heterocycles. The third-order valence-electron chi connectivity index (χ3n) is 4.25. The second-order valence-electron chi connectivity index (χ2n) is 5.70. The molecular formula is C16H26HfN4. The molecule has 5 heteroatoms. The van der Waals surface area contributed by atoms with Gasteiger partial charge in [0.25, 0.3) is 0 Å². The number of nitrogens with one attached hydrogen (secondary N) is 2. The number of aromatic amines is 2. The Hall–Kier alpha value is -0.650. The van der Waals surface area contributed by atoms with Crippen LogP contribution in [0.15, 0.2) is 36.7 Å². The zero-order valence-corrected chi connectivity index (χ0v) is 17.0. The summed E-state index contributed by atoms with van der Waals surface area (Å²) in [5.41, 5.74) is 2.53. The van der Waals surface area contributed by atoms with E-state index in [-0.39, 0.29) is 25.8 Å². The summed E-state index contributed by atoms with van der Waals surface area (Å²) in [5.74, 6) is 0. The van der Waals surface area contributed by atoms with E-state index in [9.17, 15) is 0 Å². The molecule has 2 rings (SSSR count). The predicted molar refractivity (Wildman–Crippen MR) is 83.4 cm³/mol. The average molecular weight is 453 g/mol. The van der Waals surface area contributed by atoms with Crippen LogP contribution in [0.1, 0.15) is 25.2 Å². The first-order chi connectivity index (χ1) is 9.58. The molecule has 2 N–H and O–H groups in total. The van der Waals surface area contributed by atoms with Gasteiger partial charge in [-0.1, -0.05) is 0 Å². The van der Waals surface area contributed by atoms with E-state index >= 15 is 0 Å². The van der Waals surface area contributed by atoms with Crippen LogP contribution < -0.4 is 0 Å². The summed E-state index contributed by atoms with van der Waals surface area (Å²) in [6.07, 6.45) is 3.96. The molecule has 0 saturated heterocycles. The largest absolute Gasteiger partial charge is 0.364 e. The van der Waals surface area contributed by atoms with Gasteiger partial charge in [0, 0.05) is 74.8 Å². The van der Waals surface area contributed by atoms with Crippen molar-refractivity contribution in [2.45, 2.75) is 39.0 Å². The summed E-state index contributed by atoms with van der Waals surface area (Å²) < 4.78 is 0. The molecule has 0 amide bonds. The number of nitrogens with zero attached hydrogens (tertiary/aromatic N) is 2. The SMILES string of the molecule is CC(C(C)N(C)Cc1ccc[nH]1)N(C)Cc1ccc[nH]1.[Hf]. The maximum absolute atomic E-state index is 3.27. The number of aromatic nitrogens is 2. The Morgan fingerprint density at radius 3 is 1.52 bits per heavy atom. The normalized spacial score (nSPS) is 14.2. The van der Waals surface area contributed by atoms with Crippen LogP contribution in [0, 0.1) is 0 Å². The molecule has 114 valence electrons. The van der Waals surface area contributed by atoms with Crippen LogP contribution in [0.3, 0.4) is 0 Å². The molecule has 0 fully saturated rings. The molecule has 4 nitrogen and oxygen atoms in total. The van der Waals surface area contributed by atoms with Crippen molar-refractivity contribution in [3.05, 3.63) is 48.0 Å². The number of H-pyrrole nitrogens is 2. The number of hydrogen-bond donors (Lipinski definition) is 2. The van der Waals surface area contributed by atoms with Crippen molar-refractivity contribution in [1.29, 1.82) is 0 Å². The smallest absolute Gasteiger partial charge is 0.0385 e. The number of rotatable bonds is 7. The summed E-state index contributed by atoms with van der Waals surface area (Å²) in [6.45, 7) is 6.49. The van der Waals surface area contributed by atoms with Gasteiger partial charge in [0.1, 0.15) is 0 Å². The second-order valence-corrected chi connectivity index (χ2v) is 5.70. The molecule has 0 aromatic carbocycles. The summed E-state index contributed by atoms with van der Waals surface area (Å²) in [6, 6.07) is 9.34. The second kappa shape index (κ2) is 8.71. The quantitative estimate of drug-likeness (QED) is 0.634. The first-order valence-electron chi connectivity index (χ1n) is 7.23. The van der Waals surface area contributed by atoms with E-state index in [0.717, 1.165) is 13.1 Å². The molecule has 2 atom stereocenters. The Kier molecular flexibility index (Phi) is 7.63. The summed E-state index contributed by atoms with van der Waals surface area (Å²) >= 11 is 0. The minimum absolute atomic E-state index is 0. The van der Waals surface area contributed by atoms with Crippen molar-refractivity contribution in [3.8, 4) is 0 Å². The molecule has 0 aliphatic rings. The zero-order chi connectivity index (χ0) is 14.5.